The van der Waals surface area contributed by atoms with Gasteiger partial charge in [0, 0.05) is 11.5 Å². The highest BCUT2D eigenvalue weighted by Gasteiger charge is 2.12. The van der Waals surface area contributed by atoms with Crippen LogP contribution in [-0.4, -0.2) is 27.1 Å². The smallest absolute Gasteiger partial charge is 0.221 e. The molecule has 5 nitrogen and oxygen atoms in total. The number of furan rings is 1. The number of carbonyl (C=O) groups excluding carboxylic acids is 1. The number of hydrogen-bond donors (Lipinski definition) is 0. The molecule has 0 unspecified atom stereocenters. The molecule has 0 fully saturated rings. The van der Waals surface area contributed by atoms with Crippen LogP contribution in [0.3, 0.4) is 0 Å². The zero-order chi connectivity index (χ0) is 17.8. The van der Waals surface area contributed by atoms with Crippen LogP contribution < -0.4 is 14.2 Å². The van der Waals surface area contributed by atoms with Crippen molar-refractivity contribution in [2.24, 2.45) is 0 Å². The van der Waals surface area contributed by atoms with Crippen LogP contribution >= 0.6 is 0 Å². The average molecular weight is 338 g/mol. The maximum Gasteiger partial charge on any atom is 0.221 e. The Hall–Kier alpha value is -3.21. The lowest BCUT2D eigenvalue weighted by molar-refractivity contribution is 0.102. The molecule has 0 saturated heterocycles. The normalized spacial score (nSPS) is 11.0. The Morgan fingerprint density at radius 3 is 2.32 bits per heavy atom. The Morgan fingerprint density at radius 2 is 1.68 bits per heavy atom. The van der Waals surface area contributed by atoms with Crippen LogP contribution in [0.2, 0.25) is 0 Å². The van der Waals surface area contributed by atoms with E-state index >= 15 is 0 Å². The summed E-state index contributed by atoms with van der Waals surface area (Å²) >= 11 is 0. The molecule has 5 heteroatoms. The second-order valence-corrected chi connectivity index (χ2v) is 5.33. The minimum absolute atomic E-state index is 0.236. The van der Waals surface area contributed by atoms with Gasteiger partial charge in [-0.1, -0.05) is 18.2 Å². The summed E-state index contributed by atoms with van der Waals surface area (Å²) in [6, 6.07) is 12.6. The SMILES string of the molecule is COc1cc(/C=C/C(=O)c2cc3cccc(OC)c3o2)cc(OC)c1. The highest BCUT2D eigenvalue weighted by atomic mass is 16.5. The molecule has 0 aliphatic heterocycles. The van der Waals surface area contributed by atoms with Gasteiger partial charge >= 0.3 is 0 Å². The van der Waals surface area contributed by atoms with E-state index < -0.39 is 0 Å². The third kappa shape index (κ3) is 3.50. The first-order valence-electron chi connectivity index (χ1n) is 7.66. The number of rotatable bonds is 6. The van der Waals surface area contributed by atoms with Crippen LogP contribution in [0.5, 0.6) is 17.2 Å². The monoisotopic (exact) mass is 338 g/mol. The number of hydrogen-bond acceptors (Lipinski definition) is 5. The van der Waals surface area contributed by atoms with Gasteiger partial charge in [0.25, 0.3) is 0 Å². The number of fused-ring (bicyclic) bond motifs is 1. The largest absolute Gasteiger partial charge is 0.497 e. The first-order chi connectivity index (χ1) is 12.1. The van der Waals surface area contributed by atoms with Gasteiger partial charge in [0.1, 0.15) is 11.5 Å². The predicted molar refractivity (Wildman–Crippen MR) is 95.7 cm³/mol. The molecule has 0 atom stereocenters. The van der Waals surface area contributed by atoms with E-state index in [1.54, 1.807) is 45.6 Å². The van der Waals surface area contributed by atoms with Crippen molar-refractivity contribution >= 4 is 22.8 Å². The summed E-state index contributed by atoms with van der Waals surface area (Å²) in [5, 5.41) is 0.819. The van der Waals surface area contributed by atoms with Gasteiger partial charge in [0.15, 0.2) is 17.1 Å². The fraction of sp³-hybridized carbons (Fsp3) is 0.150. The summed E-state index contributed by atoms with van der Waals surface area (Å²) in [6.45, 7) is 0. The second-order valence-electron chi connectivity index (χ2n) is 5.33. The lowest BCUT2D eigenvalue weighted by Crippen LogP contribution is -1.91. The molecule has 0 aliphatic rings. The maximum absolute atomic E-state index is 12.4. The van der Waals surface area contributed by atoms with Crippen LogP contribution in [-0.2, 0) is 0 Å². The predicted octanol–water partition coefficient (Wildman–Crippen LogP) is 4.35. The standard InChI is InChI=1S/C20H18O5/c1-22-15-9-13(10-16(12-15)23-2)7-8-17(21)19-11-14-5-4-6-18(24-3)20(14)25-19/h4-12H,1-3H3/b8-7+. The molecule has 0 amide bonds. The van der Waals surface area contributed by atoms with Gasteiger partial charge in [0.05, 0.1) is 21.3 Å². The van der Waals surface area contributed by atoms with Crippen molar-refractivity contribution in [2.75, 3.05) is 21.3 Å². The number of ether oxygens (including phenoxy) is 3. The molecule has 3 rings (SSSR count). The van der Waals surface area contributed by atoms with Gasteiger partial charge < -0.3 is 18.6 Å². The van der Waals surface area contributed by atoms with Crippen molar-refractivity contribution in [3.8, 4) is 17.2 Å². The van der Waals surface area contributed by atoms with Gasteiger partial charge in [-0.2, -0.15) is 0 Å². The molecule has 0 bridgehead atoms. The lowest BCUT2D eigenvalue weighted by Gasteiger charge is -2.05. The quantitative estimate of drug-likeness (QED) is 0.494. The van der Waals surface area contributed by atoms with Crippen molar-refractivity contribution in [1.82, 2.24) is 0 Å². The first kappa shape index (κ1) is 16.6. The van der Waals surface area contributed by atoms with Gasteiger partial charge in [-0.15, -0.1) is 0 Å². The number of methoxy groups -OCH3 is 3. The van der Waals surface area contributed by atoms with E-state index in [1.165, 1.54) is 6.08 Å². The topological polar surface area (TPSA) is 57.9 Å². The van der Waals surface area contributed by atoms with Crippen LogP contribution in [0.1, 0.15) is 16.1 Å². The Kier molecular flexibility index (Phi) is 4.75. The maximum atomic E-state index is 12.4. The molecule has 3 aromatic rings. The third-order valence-corrected chi connectivity index (χ3v) is 3.77. The van der Waals surface area contributed by atoms with Crippen molar-refractivity contribution in [2.45, 2.75) is 0 Å². The van der Waals surface area contributed by atoms with E-state index in [1.807, 2.05) is 24.3 Å². The summed E-state index contributed by atoms with van der Waals surface area (Å²) in [5.41, 5.74) is 1.35. The summed E-state index contributed by atoms with van der Waals surface area (Å²) < 4.78 is 21.4. The minimum atomic E-state index is -0.236. The number of benzene rings is 2. The van der Waals surface area contributed by atoms with Crippen molar-refractivity contribution in [1.29, 1.82) is 0 Å². The van der Waals surface area contributed by atoms with E-state index in [9.17, 15) is 4.79 Å². The minimum Gasteiger partial charge on any atom is -0.497 e. The fourth-order valence-electron chi connectivity index (χ4n) is 2.50. The van der Waals surface area contributed by atoms with Crippen LogP contribution in [0.4, 0.5) is 0 Å². The number of para-hydroxylation sites is 1. The fourth-order valence-corrected chi connectivity index (χ4v) is 2.50. The average Bonchev–Trinajstić information content (AvgIpc) is 3.10. The summed E-state index contributed by atoms with van der Waals surface area (Å²) in [6.07, 6.45) is 3.15. The van der Waals surface area contributed by atoms with E-state index in [0.29, 0.717) is 22.8 Å². The van der Waals surface area contributed by atoms with Gasteiger partial charge in [-0.05, 0) is 35.9 Å². The van der Waals surface area contributed by atoms with E-state index in [0.717, 1.165) is 10.9 Å². The van der Waals surface area contributed by atoms with Gasteiger partial charge in [-0.3, -0.25) is 4.79 Å². The second kappa shape index (κ2) is 7.13. The Balaban J connectivity index is 1.88. The molecular formula is C20H18O5. The summed E-state index contributed by atoms with van der Waals surface area (Å²) in [7, 11) is 4.72. The Morgan fingerprint density at radius 1 is 0.960 bits per heavy atom. The number of ketones is 1. The molecule has 2 aromatic carbocycles. The van der Waals surface area contributed by atoms with Crippen LogP contribution in [0, 0.1) is 0 Å². The van der Waals surface area contributed by atoms with Crippen molar-refractivity contribution < 1.29 is 23.4 Å². The van der Waals surface area contributed by atoms with Gasteiger partial charge in [0.2, 0.25) is 5.78 Å². The molecule has 25 heavy (non-hydrogen) atoms. The van der Waals surface area contributed by atoms with E-state index in [-0.39, 0.29) is 11.5 Å². The number of carbonyl (C=O) groups is 1. The van der Waals surface area contributed by atoms with Crippen LogP contribution in [0.15, 0.2) is 53.0 Å². The first-order valence-corrected chi connectivity index (χ1v) is 7.66. The lowest BCUT2D eigenvalue weighted by atomic mass is 10.1. The van der Waals surface area contributed by atoms with Crippen LogP contribution in [0.25, 0.3) is 17.0 Å². The molecular weight excluding hydrogens is 320 g/mol. The molecule has 128 valence electrons. The molecule has 0 spiro atoms. The summed E-state index contributed by atoms with van der Waals surface area (Å²) in [4.78, 5) is 12.4. The zero-order valence-corrected chi connectivity index (χ0v) is 14.2. The number of allylic oxidation sites excluding steroid dienone is 1. The Bertz CT molecular complexity index is 914. The van der Waals surface area contributed by atoms with E-state index in [2.05, 4.69) is 0 Å². The molecule has 0 aliphatic carbocycles. The van der Waals surface area contributed by atoms with Crippen molar-refractivity contribution in [3.63, 3.8) is 0 Å². The Labute approximate surface area is 145 Å². The van der Waals surface area contributed by atoms with E-state index in [4.69, 9.17) is 18.6 Å². The van der Waals surface area contributed by atoms with Gasteiger partial charge in [-0.25, -0.2) is 0 Å². The molecule has 1 aromatic heterocycles. The summed E-state index contributed by atoms with van der Waals surface area (Å²) in [5.74, 6) is 1.92. The highest BCUT2D eigenvalue weighted by Crippen LogP contribution is 2.29. The van der Waals surface area contributed by atoms with Crippen molar-refractivity contribution in [3.05, 3.63) is 59.9 Å². The molecule has 1 heterocycles. The molecule has 0 radical (unpaired) electrons. The molecule has 0 saturated carbocycles. The zero-order valence-electron chi connectivity index (χ0n) is 14.2. The highest BCUT2D eigenvalue weighted by molar-refractivity contribution is 6.07. The molecule has 0 N–H and O–H groups in total. The third-order valence-electron chi connectivity index (χ3n) is 3.77.